The Morgan fingerprint density at radius 2 is 1.97 bits per heavy atom. The SMILES string of the molecule is COc1c(Cl)cc(Cl)cc1C=CC(=O)Nc1ccc(-c2nn3c(C)nnc3s2)cc1. The number of nitrogens with zero attached hydrogens (tertiary/aromatic N) is 4. The lowest BCUT2D eigenvalue weighted by Gasteiger charge is -2.08. The molecule has 0 aliphatic heterocycles. The molecule has 0 unspecified atom stereocenters. The fourth-order valence-corrected chi connectivity index (χ4v) is 4.27. The van der Waals surface area contributed by atoms with Gasteiger partial charge < -0.3 is 10.1 Å². The molecule has 4 rings (SSSR count). The minimum atomic E-state index is -0.296. The molecule has 0 aliphatic carbocycles. The predicted molar refractivity (Wildman–Crippen MR) is 120 cm³/mol. The number of methoxy groups -OCH3 is 1. The van der Waals surface area contributed by atoms with Gasteiger partial charge in [0.15, 0.2) is 5.82 Å². The van der Waals surface area contributed by atoms with Crippen LogP contribution in [0, 0.1) is 6.92 Å². The summed E-state index contributed by atoms with van der Waals surface area (Å²) >= 11 is 13.6. The molecular weight excluding hydrogens is 445 g/mol. The summed E-state index contributed by atoms with van der Waals surface area (Å²) in [5.74, 6) is 0.894. The number of aromatic nitrogens is 4. The van der Waals surface area contributed by atoms with Gasteiger partial charge in [-0.15, -0.1) is 10.2 Å². The highest BCUT2D eigenvalue weighted by atomic mass is 35.5. The van der Waals surface area contributed by atoms with Gasteiger partial charge in [-0.3, -0.25) is 4.79 Å². The molecular formula is C20H15Cl2N5O2S. The van der Waals surface area contributed by atoms with Gasteiger partial charge in [0.05, 0.1) is 12.1 Å². The predicted octanol–water partition coefficient (Wildman–Crippen LogP) is 5.13. The van der Waals surface area contributed by atoms with Crippen LogP contribution >= 0.6 is 34.5 Å². The van der Waals surface area contributed by atoms with Crippen molar-refractivity contribution in [3.05, 3.63) is 63.9 Å². The number of aryl methyl sites for hydroxylation is 1. The van der Waals surface area contributed by atoms with Crippen LogP contribution < -0.4 is 10.1 Å². The molecule has 2 aromatic carbocycles. The molecule has 7 nitrogen and oxygen atoms in total. The highest BCUT2D eigenvalue weighted by Gasteiger charge is 2.11. The van der Waals surface area contributed by atoms with E-state index in [1.807, 2.05) is 31.2 Å². The number of amides is 1. The molecule has 1 amide bonds. The largest absolute Gasteiger partial charge is 0.495 e. The van der Waals surface area contributed by atoms with Crippen molar-refractivity contribution < 1.29 is 9.53 Å². The maximum Gasteiger partial charge on any atom is 0.248 e. The lowest BCUT2D eigenvalue weighted by molar-refractivity contribution is -0.111. The molecule has 152 valence electrons. The summed E-state index contributed by atoms with van der Waals surface area (Å²) in [7, 11) is 1.51. The molecule has 0 bridgehead atoms. The quantitative estimate of drug-likeness (QED) is 0.418. The third-order valence-corrected chi connectivity index (χ3v) is 5.65. The third-order valence-electron chi connectivity index (χ3n) is 4.20. The number of anilines is 1. The zero-order chi connectivity index (χ0) is 21.3. The molecule has 2 aromatic heterocycles. The van der Waals surface area contributed by atoms with Crippen molar-refractivity contribution in [2.75, 3.05) is 12.4 Å². The Morgan fingerprint density at radius 1 is 1.20 bits per heavy atom. The second-order valence-electron chi connectivity index (χ2n) is 6.26. The van der Waals surface area contributed by atoms with Crippen LogP contribution in [0.15, 0.2) is 42.5 Å². The van der Waals surface area contributed by atoms with E-state index in [0.29, 0.717) is 27.0 Å². The number of carbonyl (C=O) groups is 1. The first kappa shape index (κ1) is 20.3. The molecule has 4 aromatic rings. The smallest absolute Gasteiger partial charge is 0.248 e. The average Bonchev–Trinajstić information content (AvgIpc) is 3.29. The van der Waals surface area contributed by atoms with E-state index in [-0.39, 0.29) is 5.91 Å². The van der Waals surface area contributed by atoms with Gasteiger partial charge in [-0.05, 0) is 49.4 Å². The zero-order valence-electron chi connectivity index (χ0n) is 15.9. The van der Waals surface area contributed by atoms with Gasteiger partial charge in [0.1, 0.15) is 10.8 Å². The van der Waals surface area contributed by atoms with Crippen LogP contribution in [0.3, 0.4) is 0 Å². The number of nitrogens with one attached hydrogen (secondary N) is 1. The number of rotatable bonds is 5. The molecule has 1 N–H and O–H groups in total. The molecule has 10 heteroatoms. The summed E-state index contributed by atoms with van der Waals surface area (Å²) in [6.07, 6.45) is 2.99. The standard InChI is InChI=1S/C20H15Cl2N5O2S/c1-11-24-25-20-27(11)26-19(30-20)12-3-6-15(7-4-12)23-17(28)8-5-13-9-14(21)10-16(22)18(13)29-2/h3-10H,1-2H3,(H,23,28). The van der Waals surface area contributed by atoms with E-state index in [0.717, 1.165) is 21.4 Å². The first-order valence-corrected chi connectivity index (χ1v) is 10.3. The maximum atomic E-state index is 12.3. The first-order chi connectivity index (χ1) is 14.4. The van der Waals surface area contributed by atoms with Crippen molar-refractivity contribution >= 4 is 57.2 Å². The molecule has 30 heavy (non-hydrogen) atoms. The van der Waals surface area contributed by atoms with E-state index in [9.17, 15) is 4.79 Å². The van der Waals surface area contributed by atoms with Crippen LogP contribution in [-0.4, -0.2) is 32.8 Å². The van der Waals surface area contributed by atoms with Crippen molar-refractivity contribution in [2.45, 2.75) is 6.92 Å². The second kappa shape index (κ2) is 8.43. The van der Waals surface area contributed by atoms with Crippen molar-refractivity contribution in [1.82, 2.24) is 19.8 Å². The van der Waals surface area contributed by atoms with Crippen LogP contribution in [0.25, 0.3) is 21.6 Å². The summed E-state index contributed by atoms with van der Waals surface area (Å²) in [4.78, 5) is 13.0. The molecule has 0 radical (unpaired) electrons. The zero-order valence-corrected chi connectivity index (χ0v) is 18.2. The summed E-state index contributed by atoms with van der Waals surface area (Å²) in [6.45, 7) is 1.85. The highest BCUT2D eigenvalue weighted by Crippen LogP contribution is 2.33. The van der Waals surface area contributed by atoms with Gasteiger partial charge in [0.25, 0.3) is 0 Å². The van der Waals surface area contributed by atoms with Crippen LogP contribution in [0.2, 0.25) is 10.0 Å². The Balaban J connectivity index is 1.47. The number of hydrogen-bond acceptors (Lipinski definition) is 6. The normalized spacial score (nSPS) is 11.3. The van der Waals surface area contributed by atoms with Crippen molar-refractivity contribution in [2.24, 2.45) is 0 Å². The number of hydrogen-bond donors (Lipinski definition) is 1. The number of fused-ring (bicyclic) bond motifs is 1. The fourth-order valence-electron chi connectivity index (χ4n) is 2.80. The summed E-state index contributed by atoms with van der Waals surface area (Å²) in [5.41, 5.74) is 2.19. The van der Waals surface area contributed by atoms with Gasteiger partial charge in [-0.25, -0.2) is 0 Å². The first-order valence-electron chi connectivity index (χ1n) is 8.76. The Labute approximate surface area is 185 Å². The lowest BCUT2D eigenvalue weighted by atomic mass is 10.2. The fraction of sp³-hybridized carbons (Fsp3) is 0.100. The van der Waals surface area contributed by atoms with Crippen molar-refractivity contribution in [1.29, 1.82) is 0 Å². The molecule has 0 aliphatic rings. The molecule has 0 spiro atoms. The van der Waals surface area contributed by atoms with Crippen LogP contribution in [0.5, 0.6) is 5.75 Å². The van der Waals surface area contributed by atoms with E-state index in [1.165, 1.54) is 24.5 Å². The Kier molecular flexibility index (Phi) is 5.72. The molecule has 0 saturated heterocycles. The number of halogens is 2. The minimum absolute atomic E-state index is 0.296. The summed E-state index contributed by atoms with van der Waals surface area (Å²) in [5, 5.41) is 17.0. The van der Waals surface area contributed by atoms with Crippen LogP contribution in [0.4, 0.5) is 5.69 Å². The molecule has 0 saturated carbocycles. The second-order valence-corrected chi connectivity index (χ2v) is 8.06. The van der Waals surface area contributed by atoms with Gasteiger partial charge in [-0.1, -0.05) is 34.5 Å². The van der Waals surface area contributed by atoms with E-state index >= 15 is 0 Å². The van der Waals surface area contributed by atoms with Crippen molar-refractivity contribution in [3.63, 3.8) is 0 Å². The third kappa shape index (κ3) is 4.16. The summed E-state index contributed by atoms with van der Waals surface area (Å²) < 4.78 is 6.98. The Hall–Kier alpha value is -2.94. The summed E-state index contributed by atoms with van der Waals surface area (Å²) in [6, 6.07) is 10.7. The Bertz CT molecular complexity index is 1260. The van der Waals surface area contributed by atoms with Crippen molar-refractivity contribution in [3.8, 4) is 16.3 Å². The van der Waals surface area contributed by atoms with Crippen LogP contribution in [-0.2, 0) is 4.79 Å². The molecule has 0 fully saturated rings. The lowest BCUT2D eigenvalue weighted by Crippen LogP contribution is -2.07. The van der Waals surface area contributed by atoms with Gasteiger partial charge in [0.2, 0.25) is 10.9 Å². The molecule has 2 heterocycles. The van der Waals surface area contributed by atoms with E-state index in [2.05, 4.69) is 20.6 Å². The number of benzene rings is 2. The monoisotopic (exact) mass is 459 g/mol. The van der Waals surface area contributed by atoms with Gasteiger partial charge in [0, 0.05) is 27.9 Å². The Morgan fingerprint density at radius 3 is 2.67 bits per heavy atom. The van der Waals surface area contributed by atoms with E-state index in [4.69, 9.17) is 27.9 Å². The highest BCUT2D eigenvalue weighted by molar-refractivity contribution is 7.19. The van der Waals surface area contributed by atoms with Gasteiger partial charge in [-0.2, -0.15) is 9.61 Å². The number of carbonyl (C=O) groups excluding carboxylic acids is 1. The van der Waals surface area contributed by atoms with E-state index < -0.39 is 0 Å². The molecule has 0 atom stereocenters. The van der Waals surface area contributed by atoms with Gasteiger partial charge >= 0.3 is 0 Å². The van der Waals surface area contributed by atoms with E-state index in [1.54, 1.807) is 22.7 Å². The number of ether oxygens (including phenoxy) is 1. The van der Waals surface area contributed by atoms with Crippen LogP contribution in [0.1, 0.15) is 11.4 Å². The topological polar surface area (TPSA) is 81.4 Å². The minimum Gasteiger partial charge on any atom is -0.495 e. The average molecular weight is 460 g/mol. The maximum absolute atomic E-state index is 12.3.